The van der Waals surface area contributed by atoms with E-state index in [0.717, 1.165) is 10.5 Å². The highest BCUT2D eigenvalue weighted by Crippen LogP contribution is 2.15. The minimum absolute atomic E-state index is 0.196. The van der Waals surface area contributed by atoms with Gasteiger partial charge in [-0.2, -0.15) is 4.98 Å². The fourth-order valence-electron chi connectivity index (χ4n) is 1.36. The number of carbonyl (C=O) groups excluding carboxylic acids is 1. The first-order chi connectivity index (χ1) is 7.25. The van der Waals surface area contributed by atoms with Crippen LogP contribution in [0.3, 0.4) is 0 Å². The lowest BCUT2D eigenvalue weighted by Gasteiger charge is -1.94. The molecule has 1 N–H and O–H groups in total. The number of carbonyl (C=O) groups is 1. The fraction of sp³-hybridized carbons (Fsp3) is 0.167. The summed E-state index contributed by atoms with van der Waals surface area (Å²) < 4.78 is 0. The summed E-state index contributed by atoms with van der Waals surface area (Å²) in [6.45, 7) is 1.61. The number of ketones is 1. The van der Waals surface area contributed by atoms with Crippen molar-refractivity contribution in [3.05, 3.63) is 36.4 Å². The maximum Gasteiger partial charge on any atom is 0.239 e. The molecule has 0 atom stereocenters. The highest BCUT2D eigenvalue weighted by Gasteiger charge is 2.06. The summed E-state index contributed by atoms with van der Waals surface area (Å²) in [5.74, 6) is 0.719. The van der Waals surface area contributed by atoms with Gasteiger partial charge in [0.25, 0.3) is 0 Å². The Labute approximate surface area is 92.7 Å². The molecule has 2 aromatic rings. The number of aromatic amines is 1. The molecule has 1 heterocycles. The van der Waals surface area contributed by atoms with Gasteiger partial charge >= 0.3 is 0 Å². The average molecular weight is 218 g/mol. The van der Waals surface area contributed by atoms with Crippen LogP contribution in [0.2, 0.25) is 0 Å². The second-order valence-corrected chi connectivity index (χ2v) is 4.42. The minimum Gasteiger partial charge on any atom is -0.299 e. The normalized spacial score (nSPS) is 10.5. The highest BCUT2D eigenvalue weighted by atomic mass is 32.2. The second-order valence-electron chi connectivity index (χ2n) is 3.40. The van der Waals surface area contributed by atoms with E-state index in [1.807, 2.05) is 24.3 Å². The van der Waals surface area contributed by atoms with Gasteiger partial charge in [0.2, 0.25) is 10.5 Å². The molecular formula is C12H12NOS+. The van der Waals surface area contributed by atoms with Gasteiger partial charge in [0, 0.05) is 17.5 Å². The zero-order chi connectivity index (χ0) is 10.7. The van der Waals surface area contributed by atoms with E-state index in [0.29, 0.717) is 5.75 Å². The third-order valence-corrected chi connectivity index (χ3v) is 3.16. The number of nitrogens with one attached hydrogen (secondary N) is 1. The molecule has 0 aliphatic carbocycles. The van der Waals surface area contributed by atoms with Crippen LogP contribution in [-0.2, 0) is 4.79 Å². The van der Waals surface area contributed by atoms with Crippen molar-refractivity contribution in [1.82, 2.24) is 0 Å². The summed E-state index contributed by atoms with van der Waals surface area (Å²) >= 11 is 1.54. The van der Waals surface area contributed by atoms with E-state index in [9.17, 15) is 4.79 Å². The van der Waals surface area contributed by atoms with E-state index in [1.165, 1.54) is 17.1 Å². The van der Waals surface area contributed by atoms with Crippen LogP contribution in [0.4, 0.5) is 0 Å². The molecule has 0 saturated heterocycles. The number of aromatic nitrogens is 1. The first-order valence-electron chi connectivity index (χ1n) is 4.79. The fourth-order valence-corrected chi connectivity index (χ4v) is 2.06. The van der Waals surface area contributed by atoms with Gasteiger partial charge in [-0.3, -0.25) is 4.79 Å². The van der Waals surface area contributed by atoms with Gasteiger partial charge in [0.1, 0.15) is 5.78 Å². The van der Waals surface area contributed by atoms with Gasteiger partial charge < -0.3 is 0 Å². The molecule has 0 unspecified atom stereocenters. The number of fused-ring (bicyclic) bond motifs is 1. The Kier molecular flexibility index (Phi) is 3.02. The van der Waals surface area contributed by atoms with Gasteiger partial charge in [-0.15, -0.1) is 0 Å². The van der Waals surface area contributed by atoms with Crippen LogP contribution < -0.4 is 4.98 Å². The quantitative estimate of drug-likeness (QED) is 0.740. The van der Waals surface area contributed by atoms with Crippen LogP contribution >= 0.6 is 11.8 Å². The van der Waals surface area contributed by atoms with Crippen LogP contribution in [0, 0.1) is 0 Å². The lowest BCUT2D eigenvalue weighted by atomic mass is 10.2. The SMILES string of the molecule is CC(=O)CSc1ccc2ccccc2[nH+]1. The van der Waals surface area contributed by atoms with Crippen LogP contribution in [0.1, 0.15) is 6.92 Å². The van der Waals surface area contributed by atoms with E-state index in [2.05, 4.69) is 17.1 Å². The maximum atomic E-state index is 10.8. The summed E-state index contributed by atoms with van der Waals surface area (Å²) in [7, 11) is 0. The number of H-pyrrole nitrogens is 1. The van der Waals surface area contributed by atoms with Crippen LogP contribution in [-0.4, -0.2) is 11.5 Å². The van der Waals surface area contributed by atoms with Crippen molar-refractivity contribution in [2.75, 3.05) is 5.75 Å². The first-order valence-corrected chi connectivity index (χ1v) is 5.77. The lowest BCUT2D eigenvalue weighted by molar-refractivity contribution is -0.395. The third-order valence-electron chi connectivity index (χ3n) is 2.06. The minimum atomic E-state index is 0.196. The predicted octanol–water partition coefficient (Wildman–Crippen LogP) is 2.33. The number of hydrogen-bond donors (Lipinski definition) is 0. The monoisotopic (exact) mass is 218 g/mol. The standard InChI is InChI=1S/C12H11NOS/c1-9(14)8-15-12-7-6-10-4-2-3-5-11(10)13-12/h2-7H,8H2,1H3/p+1. The Bertz CT molecular complexity index is 496. The molecule has 0 aliphatic heterocycles. The number of hydrogen-bond acceptors (Lipinski definition) is 2. The average Bonchev–Trinajstić information content (AvgIpc) is 2.26. The summed E-state index contributed by atoms with van der Waals surface area (Å²) in [6, 6.07) is 12.2. The van der Waals surface area contributed by atoms with Gasteiger partial charge in [-0.1, -0.05) is 12.1 Å². The molecule has 2 rings (SSSR count). The van der Waals surface area contributed by atoms with Crippen molar-refractivity contribution in [3.63, 3.8) is 0 Å². The van der Waals surface area contributed by atoms with E-state index in [-0.39, 0.29) is 5.78 Å². The lowest BCUT2D eigenvalue weighted by Crippen LogP contribution is -2.08. The number of Topliss-reactive ketones (excluding diaryl/α,β-unsaturated/α-hetero) is 1. The van der Waals surface area contributed by atoms with Gasteiger partial charge in [-0.05, 0) is 30.8 Å². The zero-order valence-corrected chi connectivity index (χ0v) is 9.30. The summed E-state index contributed by atoms with van der Waals surface area (Å²) in [4.78, 5) is 14.1. The number of benzene rings is 1. The molecule has 0 radical (unpaired) electrons. The van der Waals surface area contributed by atoms with E-state index in [1.54, 1.807) is 6.92 Å². The molecule has 76 valence electrons. The maximum absolute atomic E-state index is 10.8. The van der Waals surface area contributed by atoms with E-state index in [4.69, 9.17) is 0 Å². The van der Waals surface area contributed by atoms with Crippen LogP contribution in [0.25, 0.3) is 10.9 Å². The molecule has 0 amide bonds. The molecule has 2 nitrogen and oxygen atoms in total. The number of rotatable bonds is 3. The molecule has 1 aromatic heterocycles. The molecule has 0 bridgehead atoms. The van der Waals surface area contributed by atoms with Crippen molar-refractivity contribution in [1.29, 1.82) is 0 Å². The van der Waals surface area contributed by atoms with E-state index < -0.39 is 0 Å². The Hall–Kier alpha value is -1.35. The van der Waals surface area contributed by atoms with E-state index >= 15 is 0 Å². The second kappa shape index (κ2) is 4.45. The van der Waals surface area contributed by atoms with Gasteiger partial charge in [-0.25, -0.2) is 0 Å². The van der Waals surface area contributed by atoms with Crippen LogP contribution in [0.5, 0.6) is 0 Å². The molecule has 1 aromatic carbocycles. The number of para-hydroxylation sites is 1. The van der Waals surface area contributed by atoms with Gasteiger partial charge in [0.15, 0.2) is 0 Å². The topological polar surface area (TPSA) is 31.2 Å². The molecule has 0 spiro atoms. The Morgan fingerprint density at radius 1 is 1.27 bits per heavy atom. The largest absolute Gasteiger partial charge is 0.299 e. The van der Waals surface area contributed by atoms with Crippen molar-refractivity contribution in [2.45, 2.75) is 11.9 Å². The molecule has 3 heteroatoms. The highest BCUT2D eigenvalue weighted by molar-refractivity contribution is 7.99. The molecule has 0 saturated carbocycles. The number of thioether (sulfide) groups is 1. The Balaban J connectivity index is 2.26. The first kappa shape index (κ1) is 10.2. The summed E-state index contributed by atoms with van der Waals surface area (Å²) in [5.41, 5.74) is 1.10. The van der Waals surface area contributed by atoms with Crippen molar-refractivity contribution in [3.8, 4) is 0 Å². The van der Waals surface area contributed by atoms with Crippen molar-refractivity contribution >= 4 is 28.4 Å². The number of pyridine rings is 1. The van der Waals surface area contributed by atoms with Crippen molar-refractivity contribution in [2.24, 2.45) is 0 Å². The molecule has 0 fully saturated rings. The third kappa shape index (κ3) is 2.57. The Morgan fingerprint density at radius 3 is 2.87 bits per heavy atom. The molecule has 0 aliphatic rings. The predicted molar refractivity (Wildman–Crippen MR) is 61.9 cm³/mol. The Morgan fingerprint density at radius 2 is 2.07 bits per heavy atom. The van der Waals surface area contributed by atoms with Crippen LogP contribution in [0.15, 0.2) is 41.4 Å². The van der Waals surface area contributed by atoms with Crippen molar-refractivity contribution < 1.29 is 9.78 Å². The molecule has 15 heavy (non-hydrogen) atoms. The summed E-state index contributed by atoms with van der Waals surface area (Å²) in [5, 5.41) is 2.22. The smallest absolute Gasteiger partial charge is 0.239 e. The zero-order valence-electron chi connectivity index (χ0n) is 8.49. The van der Waals surface area contributed by atoms with Gasteiger partial charge in [0.05, 0.1) is 5.75 Å². The summed E-state index contributed by atoms with van der Waals surface area (Å²) in [6.07, 6.45) is 0. The molecular weight excluding hydrogens is 206 g/mol.